The predicted molar refractivity (Wildman–Crippen MR) is 165 cm³/mol. The number of benzene rings is 3. The number of nitrogens with two attached hydrogens (primary N) is 4. The molecule has 3 rings (SSSR count). The van der Waals surface area contributed by atoms with E-state index in [1.54, 1.807) is 66.7 Å². The first-order valence-electron chi connectivity index (χ1n) is 13.8. The van der Waals surface area contributed by atoms with Gasteiger partial charge in [-0.25, -0.2) is 0 Å². The molecule has 12 nitrogen and oxygen atoms in total. The Hall–Kier alpha value is -5.23. The fraction of sp³-hybridized carbons (Fsp3) is 0.258. The third kappa shape index (κ3) is 9.68. The summed E-state index contributed by atoms with van der Waals surface area (Å²) in [4.78, 5) is 52.4. The number of nitrogen functional groups attached to an aromatic ring is 2. The number of carbonyl (C=O) groups excluding carboxylic acids is 4. The van der Waals surface area contributed by atoms with E-state index >= 15 is 0 Å². The van der Waals surface area contributed by atoms with E-state index in [2.05, 4.69) is 16.0 Å². The fourth-order valence-electron chi connectivity index (χ4n) is 4.38. The Balaban J connectivity index is 1.85. The van der Waals surface area contributed by atoms with Crippen LogP contribution in [0.3, 0.4) is 0 Å². The van der Waals surface area contributed by atoms with E-state index in [1.165, 1.54) is 12.1 Å². The summed E-state index contributed by atoms with van der Waals surface area (Å²) in [5, 5.41) is 15.8. The summed E-state index contributed by atoms with van der Waals surface area (Å²) < 4.78 is 0. The van der Waals surface area contributed by atoms with Crippen molar-refractivity contribution < 1.29 is 19.2 Å². The molecule has 0 aliphatic carbocycles. The van der Waals surface area contributed by atoms with Crippen molar-refractivity contribution in [3.8, 4) is 0 Å². The SMILES string of the molecule is N=C(N)c1ccc(C[C@H](NC(=O)c2ccc(N)cc2)C(=O)N[C@@H](CCCCN)C(=O)N[C@H](C(N)=O)c2ccccc2)cc1. The molecule has 12 N–H and O–H groups in total. The Bertz CT molecular complexity index is 1410. The van der Waals surface area contributed by atoms with Crippen molar-refractivity contribution in [1.29, 1.82) is 5.41 Å². The van der Waals surface area contributed by atoms with Gasteiger partial charge < -0.3 is 38.9 Å². The number of nitrogens with one attached hydrogen (secondary N) is 4. The molecule has 0 bridgehead atoms. The van der Waals surface area contributed by atoms with Gasteiger partial charge in [-0.1, -0.05) is 54.6 Å². The highest BCUT2D eigenvalue weighted by atomic mass is 16.2. The molecule has 3 aromatic carbocycles. The van der Waals surface area contributed by atoms with Gasteiger partial charge in [0.25, 0.3) is 5.91 Å². The van der Waals surface area contributed by atoms with Crippen molar-refractivity contribution in [3.05, 3.63) is 101 Å². The van der Waals surface area contributed by atoms with Crippen LogP contribution >= 0.6 is 0 Å². The van der Waals surface area contributed by atoms with Crippen LogP contribution < -0.4 is 38.9 Å². The molecule has 0 saturated carbocycles. The summed E-state index contributed by atoms with van der Waals surface area (Å²) in [6, 6.07) is 18.2. The monoisotopic (exact) mass is 586 g/mol. The molecule has 0 aromatic heterocycles. The number of carbonyl (C=O) groups is 4. The minimum atomic E-state index is -1.11. The highest BCUT2D eigenvalue weighted by Gasteiger charge is 2.30. The van der Waals surface area contributed by atoms with Crippen LogP contribution in [0.5, 0.6) is 0 Å². The van der Waals surface area contributed by atoms with Gasteiger partial charge in [-0.15, -0.1) is 0 Å². The van der Waals surface area contributed by atoms with Crippen molar-refractivity contribution in [1.82, 2.24) is 16.0 Å². The highest BCUT2D eigenvalue weighted by Crippen LogP contribution is 2.14. The number of hydrogen-bond acceptors (Lipinski definition) is 7. The maximum absolute atomic E-state index is 13.7. The molecule has 0 radical (unpaired) electrons. The molecule has 226 valence electrons. The first-order chi connectivity index (χ1) is 20.6. The molecule has 0 unspecified atom stereocenters. The molecule has 0 spiro atoms. The Kier molecular flexibility index (Phi) is 11.8. The summed E-state index contributed by atoms with van der Waals surface area (Å²) >= 11 is 0. The van der Waals surface area contributed by atoms with Gasteiger partial charge in [-0.05, 0) is 61.2 Å². The standard InChI is InChI=1S/C31H38N8O4/c32-17-5-4-8-24(30(42)39-26(28(36)40)20-6-2-1-3-7-20)37-31(43)25(18-19-9-11-21(12-10-19)27(34)35)38-29(41)22-13-15-23(33)16-14-22/h1-3,6-7,9-16,24-26H,4-5,8,17-18,32-33H2,(H3,34,35)(H2,36,40)(H,37,43)(H,38,41)(H,39,42)/t24-,25-,26-/m0/s1. The molecule has 0 fully saturated rings. The van der Waals surface area contributed by atoms with Gasteiger partial charge >= 0.3 is 0 Å². The van der Waals surface area contributed by atoms with Gasteiger partial charge in [0.2, 0.25) is 17.7 Å². The second-order valence-electron chi connectivity index (χ2n) is 10.1. The lowest BCUT2D eigenvalue weighted by Gasteiger charge is -2.25. The van der Waals surface area contributed by atoms with Crippen LogP contribution in [0.25, 0.3) is 0 Å². The zero-order chi connectivity index (χ0) is 31.4. The Morgan fingerprint density at radius 2 is 1.33 bits per heavy atom. The van der Waals surface area contributed by atoms with E-state index < -0.39 is 41.8 Å². The number of rotatable bonds is 15. The van der Waals surface area contributed by atoms with Crippen LogP contribution in [0.4, 0.5) is 5.69 Å². The lowest BCUT2D eigenvalue weighted by atomic mass is 10.0. The van der Waals surface area contributed by atoms with E-state index in [4.69, 9.17) is 28.3 Å². The third-order valence-electron chi connectivity index (χ3n) is 6.78. The van der Waals surface area contributed by atoms with Crippen molar-refractivity contribution in [2.24, 2.45) is 17.2 Å². The molecular weight excluding hydrogens is 548 g/mol. The Morgan fingerprint density at radius 3 is 1.91 bits per heavy atom. The van der Waals surface area contributed by atoms with Crippen LogP contribution in [0.1, 0.15) is 52.4 Å². The highest BCUT2D eigenvalue weighted by molar-refractivity contribution is 5.99. The van der Waals surface area contributed by atoms with Crippen LogP contribution in [0.15, 0.2) is 78.9 Å². The van der Waals surface area contributed by atoms with Gasteiger partial charge in [0.1, 0.15) is 24.0 Å². The van der Waals surface area contributed by atoms with Crippen LogP contribution in [-0.4, -0.2) is 48.1 Å². The summed E-state index contributed by atoms with van der Waals surface area (Å²) in [5.41, 5.74) is 25.0. The molecule has 0 aliphatic rings. The van der Waals surface area contributed by atoms with Gasteiger partial charge in [0.05, 0.1) is 0 Å². The van der Waals surface area contributed by atoms with Gasteiger partial charge in [-0.2, -0.15) is 0 Å². The van der Waals surface area contributed by atoms with Crippen molar-refractivity contribution in [3.63, 3.8) is 0 Å². The zero-order valence-electron chi connectivity index (χ0n) is 23.7. The number of primary amides is 1. The molecule has 0 heterocycles. The number of amidine groups is 1. The summed E-state index contributed by atoms with van der Waals surface area (Å²) in [5.74, 6) is -2.58. The van der Waals surface area contributed by atoms with Crippen molar-refractivity contribution in [2.45, 2.75) is 43.8 Å². The van der Waals surface area contributed by atoms with Crippen LogP contribution in [-0.2, 0) is 20.8 Å². The molecule has 3 aromatic rings. The third-order valence-corrected chi connectivity index (χ3v) is 6.78. The first kappa shape index (κ1) is 32.3. The largest absolute Gasteiger partial charge is 0.399 e. The van der Waals surface area contributed by atoms with Crippen molar-refractivity contribution >= 4 is 35.2 Å². The number of unbranched alkanes of at least 4 members (excludes halogenated alkanes) is 1. The summed E-state index contributed by atoms with van der Waals surface area (Å²) in [6.45, 7) is 0.396. The zero-order valence-corrected chi connectivity index (χ0v) is 23.7. The van der Waals surface area contributed by atoms with Gasteiger partial charge in [0, 0.05) is 23.2 Å². The topological polar surface area (TPSA) is 232 Å². The first-order valence-corrected chi connectivity index (χ1v) is 13.8. The molecule has 43 heavy (non-hydrogen) atoms. The summed E-state index contributed by atoms with van der Waals surface area (Å²) in [7, 11) is 0. The van der Waals surface area contributed by atoms with E-state index in [1.807, 2.05) is 0 Å². The maximum atomic E-state index is 13.7. The van der Waals surface area contributed by atoms with E-state index in [-0.39, 0.29) is 18.7 Å². The quantitative estimate of drug-likeness (QED) is 0.0553. The lowest BCUT2D eigenvalue weighted by molar-refractivity contribution is -0.132. The van der Waals surface area contributed by atoms with Crippen LogP contribution in [0, 0.1) is 5.41 Å². The fourth-order valence-corrected chi connectivity index (χ4v) is 4.38. The molecule has 12 heteroatoms. The maximum Gasteiger partial charge on any atom is 0.251 e. The average Bonchev–Trinajstić information content (AvgIpc) is 2.99. The second kappa shape index (κ2) is 15.7. The van der Waals surface area contributed by atoms with Gasteiger partial charge in [-0.3, -0.25) is 24.6 Å². The predicted octanol–water partition coefficient (Wildman–Crippen LogP) is 0.851. The number of hydrogen-bond donors (Lipinski definition) is 8. The Labute approximate surface area is 250 Å². The molecule has 0 saturated heterocycles. The van der Waals surface area contributed by atoms with E-state index in [9.17, 15) is 19.2 Å². The average molecular weight is 587 g/mol. The minimum absolute atomic E-state index is 0.0792. The van der Waals surface area contributed by atoms with Crippen molar-refractivity contribution in [2.75, 3.05) is 12.3 Å². The smallest absolute Gasteiger partial charge is 0.251 e. The second-order valence-corrected chi connectivity index (χ2v) is 10.1. The minimum Gasteiger partial charge on any atom is -0.399 e. The molecule has 4 amide bonds. The van der Waals surface area contributed by atoms with E-state index in [0.29, 0.717) is 47.3 Å². The Morgan fingerprint density at radius 1 is 0.721 bits per heavy atom. The molecule has 3 atom stereocenters. The molecular formula is C31H38N8O4. The van der Waals surface area contributed by atoms with Gasteiger partial charge in [0.15, 0.2) is 0 Å². The number of anilines is 1. The lowest BCUT2D eigenvalue weighted by Crippen LogP contribution is -2.55. The number of amides is 4. The molecule has 0 aliphatic heterocycles. The summed E-state index contributed by atoms with van der Waals surface area (Å²) in [6.07, 6.45) is 1.45. The van der Waals surface area contributed by atoms with Crippen LogP contribution in [0.2, 0.25) is 0 Å². The normalized spacial score (nSPS) is 12.8. The van der Waals surface area contributed by atoms with E-state index in [0.717, 1.165) is 0 Å².